The van der Waals surface area contributed by atoms with Gasteiger partial charge in [-0.05, 0) is 52.6 Å². The second-order valence-electron chi connectivity index (χ2n) is 6.77. The summed E-state index contributed by atoms with van der Waals surface area (Å²) >= 11 is 0. The summed E-state index contributed by atoms with van der Waals surface area (Å²) in [6.45, 7) is 3.29. The van der Waals surface area contributed by atoms with E-state index < -0.39 is 0 Å². The van der Waals surface area contributed by atoms with Crippen molar-refractivity contribution < 1.29 is 65.5 Å². The fourth-order valence-corrected chi connectivity index (χ4v) is 3.24. The van der Waals surface area contributed by atoms with Crippen LogP contribution in [0, 0.1) is 0 Å². The molecule has 4 unspecified atom stereocenters. The van der Waals surface area contributed by atoms with Gasteiger partial charge in [0.25, 0.3) is 0 Å². The van der Waals surface area contributed by atoms with E-state index >= 15 is 0 Å². The van der Waals surface area contributed by atoms with Crippen LogP contribution in [0.2, 0.25) is 0 Å². The van der Waals surface area contributed by atoms with Gasteiger partial charge in [-0.2, -0.15) is 0 Å². The van der Waals surface area contributed by atoms with Gasteiger partial charge in [-0.3, -0.25) is 15.1 Å². The Balaban J connectivity index is -0.00000225. The Labute approximate surface area is 204 Å². The Hall–Kier alpha value is 0.974. The van der Waals surface area contributed by atoms with E-state index in [0.717, 1.165) is 45.3 Å². The monoisotopic (exact) mass is 493 g/mol. The standard InChI is InChI=1S/C18H39N4O4.2ClH.Ti/c1-21-13-9-16(24-4)19-11-7-15(23-3)20-12-8-17(25-5)22(2)14-10-18(21)26-6;;;/h15-19H,7-14H2,1-6H3;2*1H;/q-1;;;+3/p-2. The van der Waals surface area contributed by atoms with Gasteiger partial charge in [0, 0.05) is 41.5 Å². The van der Waals surface area contributed by atoms with Crippen molar-refractivity contribution >= 4 is 0 Å². The van der Waals surface area contributed by atoms with E-state index in [9.17, 15) is 0 Å². The Morgan fingerprint density at radius 2 is 1.31 bits per heavy atom. The van der Waals surface area contributed by atoms with E-state index in [-0.39, 0.29) is 71.4 Å². The fraction of sp³-hybridized carbons (Fsp3) is 1.00. The maximum absolute atomic E-state index is 5.68. The van der Waals surface area contributed by atoms with E-state index in [2.05, 4.69) is 34.5 Å². The summed E-state index contributed by atoms with van der Waals surface area (Å²) in [4.78, 5) is 4.46. The number of rotatable bonds is 4. The van der Waals surface area contributed by atoms with Gasteiger partial charge in [-0.25, -0.2) is 0 Å². The molecule has 0 amide bonds. The van der Waals surface area contributed by atoms with Gasteiger partial charge in [0.1, 0.15) is 18.7 Å². The summed E-state index contributed by atoms with van der Waals surface area (Å²) in [6.07, 6.45) is 3.49. The molecule has 0 bridgehead atoms. The van der Waals surface area contributed by atoms with Crippen LogP contribution in [-0.2, 0) is 40.7 Å². The first kappa shape index (κ1) is 34.6. The van der Waals surface area contributed by atoms with Gasteiger partial charge >= 0.3 is 21.7 Å². The van der Waals surface area contributed by atoms with Crippen LogP contribution < -0.4 is 30.1 Å². The Kier molecular flexibility index (Phi) is 24.9. The SMILES string of the molecule is COC1CCNC(OC)CCN(C)C(OC)CCN(C)C(OC)CC[N-]1.[Cl-].[Cl-].[Ti+3]. The molecule has 0 saturated carbocycles. The molecule has 1 saturated heterocycles. The van der Waals surface area contributed by atoms with Crippen LogP contribution in [0.3, 0.4) is 0 Å². The summed E-state index contributed by atoms with van der Waals surface area (Å²) in [5.41, 5.74) is 0. The molecule has 0 aromatic carbocycles. The third kappa shape index (κ3) is 13.9. The predicted octanol–water partition coefficient (Wildman–Crippen LogP) is -4.72. The van der Waals surface area contributed by atoms with E-state index in [0.29, 0.717) is 6.54 Å². The first-order chi connectivity index (χ1) is 12.5. The number of ether oxygens (including phenoxy) is 4. The number of nitrogens with one attached hydrogen (secondary N) is 1. The molecule has 1 fully saturated rings. The van der Waals surface area contributed by atoms with Gasteiger partial charge in [0.2, 0.25) is 0 Å². The molecule has 1 aliphatic rings. The van der Waals surface area contributed by atoms with Crippen molar-refractivity contribution in [1.29, 1.82) is 0 Å². The molecule has 1 rings (SSSR count). The third-order valence-corrected chi connectivity index (χ3v) is 5.03. The maximum atomic E-state index is 5.68. The van der Waals surface area contributed by atoms with E-state index in [1.54, 1.807) is 28.4 Å². The average molecular weight is 494 g/mol. The van der Waals surface area contributed by atoms with Crippen LogP contribution in [0.5, 0.6) is 0 Å². The first-order valence-corrected chi connectivity index (χ1v) is 9.47. The zero-order valence-electron chi connectivity index (χ0n) is 18.7. The molecule has 0 spiro atoms. The van der Waals surface area contributed by atoms with Crippen LogP contribution in [0.25, 0.3) is 5.32 Å². The van der Waals surface area contributed by atoms with E-state index in [1.165, 1.54) is 0 Å². The molecule has 11 heteroatoms. The maximum Gasteiger partial charge on any atom is 3.00 e. The van der Waals surface area contributed by atoms with E-state index in [1.807, 2.05) is 0 Å². The molecule has 1 heterocycles. The minimum atomic E-state index is -0.101. The van der Waals surface area contributed by atoms with Crippen molar-refractivity contribution in [3.8, 4) is 0 Å². The Morgan fingerprint density at radius 3 is 1.83 bits per heavy atom. The van der Waals surface area contributed by atoms with Crippen LogP contribution >= 0.6 is 0 Å². The molecule has 0 aliphatic carbocycles. The number of nitrogens with zero attached hydrogens (tertiary/aromatic N) is 3. The molecular formula is C18H39Cl2N4O4Ti. The number of methoxy groups -OCH3 is 4. The molecule has 1 aliphatic heterocycles. The fourth-order valence-electron chi connectivity index (χ4n) is 3.24. The minimum Gasteiger partial charge on any atom is -1.00 e. The molecule has 8 nitrogen and oxygen atoms in total. The normalized spacial score (nSPS) is 29.2. The molecule has 1 radical (unpaired) electrons. The quantitative estimate of drug-likeness (QED) is 0.394. The van der Waals surface area contributed by atoms with Crippen molar-refractivity contribution in [2.45, 2.75) is 50.6 Å². The van der Waals surface area contributed by atoms with Crippen LogP contribution in [-0.4, -0.2) is 103 Å². The summed E-state index contributed by atoms with van der Waals surface area (Å²) in [6, 6.07) is 0. The summed E-state index contributed by atoms with van der Waals surface area (Å²) in [7, 11) is 11.1. The largest absolute Gasteiger partial charge is 3.00 e. The molecule has 1 N–H and O–H groups in total. The Bertz CT molecular complexity index is 368. The molecule has 4 atom stereocenters. The van der Waals surface area contributed by atoms with Crippen molar-refractivity contribution in [1.82, 2.24) is 15.1 Å². The second kappa shape index (κ2) is 20.9. The van der Waals surface area contributed by atoms with Crippen LogP contribution in [0.15, 0.2) is 0 Å². The third-order valence-electron chi connectivity index (χ3n) is 5.03. The molecule has 0 aromatic heterocycles. The van der Waals surface area contributed by atoms with Crippen molar-refractivity contribution in [3.63, 3.8) is 0 Å². The topological polar surface area (TPSA) is 69.5 Å². The zero-order chi connectivity index (χ0) is 19.4. The number of hydrogen-bond acceptors (Lipinski definition) is 7. The number of halogens is 2. The van der Waals surface area contributed by atoms with Crippen molar-refractivity contribution in [2.24, 2.45) is 0 Å². The summed E-state index contributed by atoms with van der Waals surface area (Å²) in [5, 5.41) is 8.09. The van der Waals surface area contributed by atoms with E-state index in [4.69, 9.17) is 18.9 Å². The summed E-state index contributed by atoms with van der Waals surface area (Å²) < 4.78 is 22.4. The second-order valence-corrected chi connectivity index (χ2v) is 6.77. The van der Waals surface area contributed by atoms with Gasteiger partial charge in [-0.1, -0.05) is 0 Å². The van der Waals surface area contributed by atoms with Gasteiger partial charge < -0.3 is 49.1 Å². The van der Waals surface area contributed by atoms with Crippen molar-refractivity contribution in [2.75, 3.05) is 68.7 Å². The number of hydrogen-bond donors (Lipinski definition) is 1. The molecular weight excluding hydrogens is 455 g/mol. The Morgan fingerprint density at radius 1 is 0.759 bits per heavy atom. The van der Waals surface area contributed by atoms with Crippen molar-refractivity contribution in [3.05, 3.63) is 5.32 Å². The summed E-state index contributed by atoms with van der Waals surface area (Å²) in [5.74, 6) is 0. The molecule has 0 aromatic rings. The van der Waals surface area contributed by atoms with Gasteiger partial charge in [0.05, 0.1) is 0 Å². The predicted molar refractivity (Wildman–Crippen MR) is 103 cm³/mol. The average Bonchev–Trinajstić information content (AvgIpc) is 2.65. The van der Waals surface area contributed by atoms with Gasteiger partial charge in [-0.15, -0.1) is 6.54 Å². The smallest absolute Gasteiger partial charge is 1.00 e. The minimum absolute atomic E-state index is 0. The van der Waals surface area contributed by atoms with Crippen LogP contribution in [0.1, 0.15) is 25.7 Å². The van der Waals surface area contributed by atoms with Crippen LogP contribution in [0.4, 0.5) is 0 Å². The molecule has 173 valence electrons. The first-order valence-electron chi connectivity index (χ1n) is 9.47. The van der Waals surface area contributed by atoms with Gasteiger partial charge in [0.15, 0.2) is 0 Å². The molecule has 29 heavy (non-hydrogen) atoms. The zero-order valence-corrected chi connectivity index (χ0v) is 21.8.